The van der Waals surface area contributed by atoms with Crippen molar-refractivity contribution in [1.29, 1.82) is 0 Å². The van der Waals surface area contributed by atoms with Gasteiger partial charge >= 0.3 is 0 Å². The SMILES string of the molecule is Cc1ccccc1C(N)CCN(C)CCc1ccccc1. The first-order valence-corrected chi connectivity index (χ1v) is 7.70. The maximum absolute atomic E-state index is 6.32. The molecule has 0 fully saturated rings. The van der Waals surface area contributed by atoms with Crippen LogP contribution < -0.4 is 5.73 Å². The zero-order valence-electron chi connectivity index (χ0n) is 13.1. The predicted molar refractivity (Wildman–Crippen MR) is 90.4 cm³/mol. The number of nitrogens with two attached hydrogens (primary N) is 1. The number of nitrogens with zero attached hydrogens (tertiary/aromatic N) is 1. The van der Waals surface area contributed by atoms with Crippen molar-refractivity contribution in [3.63, 3.8) is 0 Å². The van der Waals surface area contributed by atoms with Gasteiger partial charge in [-0.15, -0.1) is 0 Å². The molecule has 1 unspecified atom stereocenters. The lowest BCUT2D eigenvalue weighted by Crippen LogP contribution is -2.26. The van der Waals surface area contributed by atoms with E-state index in [1.54, 1.807) is 0 Å². The third kappa shape index (κ3) is 5.00. The maximum atomic E-state index is 6.32. The van der Waals surface area contributed by atoms with Crippen LogP contribution in [0.15, 0.2) is 54.6 Å². The van der Waals surface area contributed by atoms with Gasteiger partial charge in [0.05, 0.1) is 0 Å². The molecule has 2 nitrogen and oxygen atoms in total. The minimum Gasteiger partial charge on any atom is -0.324 e. The molecule has 112 valence electrons. The Bertz CT molecular complexity index is 536. The molecule has 0 aliphatic rings. The van der Waals surface area contributed by atoms with Gasteiger partial charge in [0.2, 0.25) is 0 Å². The molecule has 0 amide bonds. The van der Waals surface area contributed by atoms with Crippen LogP contribution in [0.5, 0.6) is 0 Å². The molecule has 1 atom stereocenters. The molecule has 0 bridgehead atoms. The summed E-state index contributed by atoms with van der Waals surface area (Å²) in [5.41, 5.74) is 10.3. The first-order valence-electron chi connectivity index (χ1n) is 7.70. The smallest absolute Gasteiger partial charge is 0.0309 e. The van der Waals surface area contributed by atoms with Crippen molar-refractivity contribution < 1.29 is 0 Å². The van der Waals surface area contributed by atoms with E-state index in [1.807, 2.05) is 0 Å². The molecule has 2 N–H and O–H groups in total. The largest absolute Gasteiger partial charge is 0.324 e. The first-order chi connectivity index (χ1) is 10.2. The van der Waals surface area contributed by atoms with E-state index >= 15 is 0 Å². The van der Waals surface area contributed by atoms with Gasteiger partial charge in [0.25, 0.3) is 0 Å². The Morgan fingerprint density at radius 3 is 2.33 bits per heavy atom. The normalized spacial score (nSPS) is 12.6. The highest BCUT2D eigenvalue weighted by atomic mass is 15.1. The number of likely N-dealkylation sites (N-methyl/N-ethyl adjacent to an activating group) is 1. The third-order valence-corrected chi connectivity index (χ3v) is 4.03. The van der Waals surface area contributed by atoms with Gasteiger partial charge < -0.3 is 10.6 Å². The van der Waals surface area contributed by atoms with Gasteiger partial charge in [-0.2, -0.15) is 0 Å². The van der Waals surface area contributed by atoms with Crippen molar-refractivity contribution in [3.8, 4) is 0 Å². The monoisotopic (exact) mass is 282 g/mol. The predicted octanol–water partition coefficient (Wildman–Crippen LogP) is 3.56. The molecule has 0 saturated heterocycles. The van der Waals surface area contributed by atoms with E-state index < -0.39 is 0 Å². The molecule has 0 aliphatic heterocycles. The van der Waals surface area contributed by atoms with Crippen LogP contribution in [0.1, 0.15) is 29.2 Å². The summed E-state index contributed by atoms with van der Waals surface area (Å²) in [6.45, 7) is 4.24. The number of hydrogen-bond acceptors (Lipinski definition) is 2. The van der Waals surface area contributed by atoms with Crippen LogP contribution in [0.3, 0.4) is 0 Å². The second-order valence-electron chi connectivity index (χ2n) is 5.79. The summed E-state index contributed by atoms with van der Waals surface area (Å²) in [5.74, 6) is 0. The van der Waals surface area contributed by atoms with Gasteiger partial charge in [-0.1, -0.05) is 54.6 Å². The zero-order chi connectivity index (χ0) is 15.1. The standard InChI is InChI=1S/C19H26N2/c1-16-8-6-7-11-18(16)19(20)13-15-21(2)14-12-17-9-4-3-5-10-17/h3-11,19H,12-15,20H2,1-2H3. The Kier molecular flexibility index (Phi) is 5.97. The second-order valence-corrected chi connectivity index (χ2v) is 5.79. The molecule has 0 aromatic heterocycles. The first kappa shape index (κ1) is 15.7. The summed E-state index contributed by atoms with van der Waals surface area (Å²) >= 11 is 0. The van der Waals surface area contributed by atoms with Crippen molar-refractivity contribution in [1.82, 2.24) is 4.90 Å². The van der Waals surface area contributed by atoms with E-state index in [-0.39, 0.29) is 6.04 Å². The Morgan fingerprint density at radius 1 is 0.952 bits per heavy atom. The van der Waals surface area contributed by atoms with Crippen molar-refractivity contribution in [2.75, 3.05) is 20.1 Å². The Hall–Kier alpha value is -1.64. The Morgan fingerprint density at radius 2 is 1.62 bits per heavy atom. The fourth-order valence-corrected chi connectivity index (χ4v) is 2.59. The lowest BCUT2D eigenvalue weighted by molar-refractivity contribution is 0.322. The summed E-state index contributed by atoms with van der Waals surface area (Å²) in [4.78, 5) is 2.37. The van der Waals surface area contributed by atoms with Gasteiger partial charge in [-0.05, 0) is 50.0 Å². The van der Waals surface area contributed by atoms with Crippen molar-refractivity contribution in [2.45, 2.75) is 25.8 Å². The quantitative estimate of drug-likeness (QED) is 0.841. The minimum absolute atomic E-state index is 0.130. The van der Waals surface area contributed by atoms with E-state index in [0.717, 1.165) is 25.9 Å². The van der Waals surface area contributed by atoms with Gasteiger partial charge in [0, 0.05) is 12.6 Å². The number of hydrogen-bond donors (Lipinski definition) is 1. The molecule has 0 saturated carbocycles. The molecular weight excluding hydrogens is 256 g/mol. The lowest BCUT2D eigenvalue weighted by Gasteiger charge is -2.20. The zero-order valence-corrected chi connectivity index (χ0v) is 13.1. The van der Waals surface area contributed by atoms with E-state index in [4.69, 9.17) is 5.73 Å². The van der Waals surface area contributed by atoms with Crippen LogP contribution in [0, 0.1) is 6.92 Å². The van der Waals surface area contributed by atoms with Gasteiger partial charge in [-0.3, -0.25) is 0 Å². The summed E-state index contributed by atoms with van der Waals surface area (Å²) in [6, 6.07) is 19.2. The topological polar surface area (TPSA) is 29.3 Å². The van der Waals surface area contributed by atoms with Crippen LogP contribution in [0.4, 0.5) is 0 Å². The molecule has 0 aliphatic carbocycles. The molecule has 2 aromatic rings. The lowest BCUT2D eigenvalue weighted by atomic mass is 9.99. The fraction of sp³-hybridized carbons (Fsp3) is 0.368. The van der Waals surface area contributed by atoms with Crippen LogP contribution in [0.25, 0.3) is 0 Å². The number of aryl methyl sites for hydroxylation is 1. The molecule has 2 aromatic carbocycles. The summed E-state index contributed by atoms with van der Waals surface area (Å²) < 4.78 is 0. The van der Waals surface area contributed by atoms with E-state index in [0.29, 0.717) is 0 Å². The average Bonchev–Trinajstić information content (AvgIpc) is 2.52. The molecule has 2 rings (SSSR count). The van der Waals surface area contributed by atoms with E-state index in [9.17, 15) is 0 Å². The molecule has 21 heavy (non-hydrogen) atoms. The van der Waals surface area contributed by atoms with Gasteiger partial charge in [-0.25, -0.2) is 0 Å². The number of benzene rings is 2. The second kappa shape index (κ2) is 7.96. The van der Waals surface area contributed by atoms with Crippen LogP contribution in [-0.2, 0) is 6.42 Å². The molecule has 0 radical (unpaired) electrons. The average molecular weight is 282 g/mol. The van der Waals surface area contributed by atoms with Gasteiger partial charge in [0.15, 0.2) is 0 Å². The molecular formula is C19H26N2. The highest BCUT2D eigenvalue weighted by Crippen LogP contribution is 2.18. The van der Waals surface area contributed by atoms with Crippen LogP contribution in [0.2, 0.25) is 0 Å². The summed E-state index contributed by atoms with van der Waals surface area (Å²) in [6.07, 6.45) is 2.09. The van der Waals surface area contributed by atoms with Gasteiger partial charge in [0.1, 0.15) is 0 Å². The van der Waals surface area contributed by atoms with Crippen LogP contribution >= 0.6 is 0 Å². The minimum atomic E-state index is 0.130. The summed E-state index contributed by atoms with van der Waals surface area (Å²) in [7, 11) is 2.17. The third-order valence-electron chi connectivity index (χ3n) is 4.03. The van der Waals surface area contributed by atoms with E-state index in [1.165, 1.54) is 16.7 Å². The number of rotatable bonds is 7. The highest BCUT2D eigenvalue weighted by molar-refractivity contribution is 5.28. The van der Waals surface area contributed by atoms with Crippen LogP contribution in [-0.4, -0.2) is 25.0 Å². The molecule has 0 heterocycles. The van der Waals surface area contributed by atoms with Crippen molar-refractivity contribution in [3.05, 3.63) is 71.3 Å². The maximum Gasteiger partial charge on any atom is 0.0309 e. The summed E-state index contributed by atoms with van der Waals surface area (Å²) in [5, 5.41) is 0. The Balaban J connectivity index is 1.76. The van der Waals surface area contributed by atoms with Crippen molar-refractivity contribution in [2.24, 2.45) is 5.73 Å². The van der Waals surface area contributed by atoms with Crippen molar-refractivity contribution >= 4 is 0 Å². The Labute approximate surface area is 128 Å². The molecule has 0 spiro atoms. The fourth-order valence-electron chi connectivity index (χ4n) is 2.59. The molecule has 2 heteroatoms. The highest BCUT2D eigenvalue weighted by Gasteiger charge is 2.09. The van der Waals surface area contributed by atoms with E-state index in [2.05, 4.69) is 73.5 Å².